The van der Waals surface area contributed by atoms with Crippen molar-refractivity contribution in [3.8, 4) is 0 Å². The van der Waals surface area contributed by atoms with Gasteiger partial charge in [0.25, 0.3) is 5.91 Å². The fourth-order valence-electron chi connectivity index (χ4n) is 1.97. The second-order valence-corrected chi connectivity index (χ2v) is 4.97. The quantitative estimate of drug-likeness (QED) is 0.822. The summed E-state index contributed by atoms with van der Waals surface area (Å²) in [4.78, 5) is 20.2. The normalized spacial score (nSPS) is 12.6. The number of amides is 1. The van der Waals surface area contributed by atoms with Crippen LogP contribution in [0.3, 0.4) is 0 Å². The van der Waals surface area contributed by atoms with Crippen LogP contribution in [-0.2, 0) is 0 Å². The van der Waals surface area contributed by atoms with Crippen LogP contribution in [0, 0.1) is 0 Å². The fourth-order valence-corrected chi connectivity index (χ4v) is 2.16. The van der Waals surface area contributed by atoms with Crippen molar-refractivity contribution in [1.29, 1.82) is 0 Å². The van der Waals surface area contributed by atoms with E-state index in [1.165, 1.54) is 6.20 Å². The van der Waals surface area contributed by atoms with Crippen molar-refractivity contribution in [3.05, 3.63) is 29.0 Å². The van der Waals surface area contributed by atoms with Gasteiger partial charge in [0.2, 0.25) is 0 Å². The molecule has 0 bridgehead atoms. The zero-order chi connectivity index (χ0) is 13.7. The molecule has 0 aromatic carbocycles. The zero-order valence-electron chi connectivity index (χ0n) is 11.4. The summed E-state index contributed by atoms with van der Waals surface area (Å²) in [7, 11) is 3.98. The maximum Gasteiger partial charge on any atom is 0.257 e. The molecular weight excluding hydrogens is 250 g/mol. The van der Waals surface area contributed by atoms with E-state index in [0.29, 0.717) is 17.1 Å². The molecule has 1 unspecified atom stereocenters. The maximum absolute atomic E-state index is 12.4. The average molecular weight is 270 g/mol. The summed E-state index contributed by atoms with van der Waals surface area (Å²) in [6.45, 7) is 5.47. The van der Waals surface area contributed by atoms with E-state index in [1.54, 1.807) is 12.3 Å². The maximum atomic E-state index is 12.4. The molecule has 1 aromatic heterocycles. The van der Waals surface area contributed by atoms with Gasteiger partial charge in [0.05, 0.1) is 10.6 Å². The summed E-state index contributed by atoms with van der Waals surface area (Å²) in [5.74, 6) is -0.0649. The van der Waals surface area contributed by atoms with Crippen molar-refractivity contribution in [1.82, 2.24) is 14.8 Å². The van der Waals surface area contributed by atoms with Crippen molar-refractivity contribution in [2.75, 3.05) is 27.2 Å². The summed E-state index contributed by atoms with van der Waals surface area (Å²) in [6, 6.07) is 1.77. The Morgan fingerprint density at radius 1 is 1.50 bits per heavy atom. The lowest BCUT2D eigenvalue weighted by Gasteiger charge is -2.30. The van der Waals surface area contributed by atoms with Gasteiger partial charge in [-0.2, -0.15) is 0 Å². The Morgan fingerprint density at radius 3 is 2.67 bits per heavy atom. The minimum atomic E-state index is -0.0649. The van der Waals surface area contributed by atoms with E-state index in [0.717, 1.165) is 6.54 Å². The average Bonchev–Trinajstić information content (AvgIpc) is 2.29. The Morgan fingerprint density at radius 2 is 2.17 bits per heavy atom. The third kappa shape index (κ3) is 3.68. The van der Waals surface area contributed by atoms with Crippen LogP contribution in [0.2, 0.25) is 5.02 Å². The molecular formula is C13H20ClN3O. The number of rotatable bonds is 5. The highest BCUT2D eigenvalue weighted by atomic mass is 35.5. The van der Waals surface area contributed by atoms with Crippen molar-refractivity contribution >= 4 is 17.5 Å². The first-order valence-electron chi connectivity index (χ1n) is 6.02. The summed E-state index contributed by atoms with van der Waals surface area (Å²) >= 11 is 6.03. The zero-order valence-corrected chi connectivity index (χ0v) is 12.1. The van der Waals surface area contributed by atoms with Crippen LogP contribution in [0.15, 0.2) is 18.5 Å². The highest BCUT2D eigenvalue weighted by molar-refractivity contribution is 6.33. The van der Waals surface area contributed by atoms with Gasteiger partial charge >= 0.3 is 0 Å². The van der Waals surface area contributed by atoms with E-state index >= 15 is 0 Å². The number of halogens is 1. The number of likely N-dealkylation sites (N-methyl/N-ethyl adjacent to an activating group) is 2. The van der Waals surface area contributed by atoms with Gasteiger partial charge in [0.1, 0.15) is 0 Å². The summed E-state index contributed by atoms with van der Waals surface area (Å²) in [5, 5.41) is 0.450. The predicted molar refractivity (Wildman–Crippen MR) is 74.0 cm³/mol. The van der Waals surface area contributed by atoms with E-state index in [9.17, 15) is 4.79 Å². The van der Waals surface area contributed by atoms with Crippen LogP contribution >= 0.6 is 11.6 Å². The highest BCUT2D eigenvalue weighted by Gasteiger charge is 2.22. The SMILES string of the molecule is CCN(C(=O)c1cnccc1Cl)C(C)CN(C)C. The molecule has 5 heteroatoms. The molecule has 0 saturated carbocycles. The van der Waals surface area contributed by atoms with Gasteiger partial charge in [-0.25, -0.2) is 0 Å². The molecule has 4 nitrogen and oxygen atoms in total. The van der Waals surface area contributed by atoms with E-state index in [4.69, 9.17) is 11.6 Å². The van der Waals surface area contributed by atoms with Gasteiger partial charge in [0, 0.05) is 31.5 Å². The lowest BCUT2D eigenvalue weighted by molar-refractivity contribution is 0.0679. The molecule has 0 aliphatic carbocycles. The minimum absolute atomic E-state index is 0.0649. The third-order valence-electron chi connectivity index (χ3n) is 2.76. The van der Waals surface area contributed by atoms with Crippen LogP contribution in [0.4, 0.5) is 0 Å². The lowest BCUT2D eigenvalue weighted by Crippen LogP contribution is -2.43. The molecule has 1 amide bonds. The molecule has 1 heterocycles. The van der Waals surface area contributed by atoms with E-state index in [1.807, 2.05) is 32.8 Å². The number of carbonyl (C=O) groups excluding carboxylic acids is 1. The predicted octanol–water partition coefficient (Wildman–Crippen LogP) is 2.15. The minimum Gasteiger partial charge on any atom is -0.335 e. The summed E-state index contributed by atoms with van der Waals surface area (Å²) in [6.07, 6.45) is 3.11. The van der Waals surface area contributed by atoms with Gasteiger partial charge in [-0.15, -0.1) is 0 Å². The van der Waals surface area contributed by atoms with Crippen molar-refractivity contribution in [3.63, 3.8) is 0 Å². The number of nitrogens with zero attached hydrogens (tertiary/aromatic N) is 3. The molecule has 0 radical (unpaired) electrons. The number of carbonyl (C=O) groups is 1. The molecule has 0 spiro atoms. The first kappa shape index (κ1) is 14.9. The third-order valence-corrected chi connectivity index (χ3v) is 3.09. The molecule has 0 saturated heterocycles. The van der Waals surface area contributed by atoms with Crippen LogP contribution in [0.1, 0.15) is 24.2 Å². The molecule has 18 heavy (non-hydrogen) atoms. The second-order valence-electron chi connectivity index (χ2n) is 4.56. The number of aromatic nitrogens is 1. The molecule has 0 N–H and O–H groups in total. The highest BCUT2D eigenvalue weighted by Crippen LogP contribution is 2.17. The number of pyridine rings is 1. The Bertz CT molecular complexity index is 409. The molecule has 1 atom stereocenters. The van der Waals surface area contributed by atoms with E-state index in [-0.39, 0.29) is 11.9 Å². The topological polar surface area (TPSA) is 36.4 Å². The molecule has 1 aromatic rings. The summed E-state index contributed by atoms with van der Waals surface area (Å²) < 4.78 is 0. The van der Waals surface area contributed by atoms with Gasteiger partial charge in [-0.3, -0.25) is 9.78 Å². The Kier molecular flexibility index (Phi) is 5.56. The molecule has 0 aliphatic heterocycles. The van der Waals surface area contributed by atoms with Gasteiger partial charge in [-0.1, -0.05) is 11.6 Å². The van der Waals surface area contributed by atoms with Gasteiger partial charge in [0.15, 0.2) is 0 Å². The van der Waals surface area contributed by atoms with Crippen LogP contribution < -0.4 is 0 Å². The van der Waals surface area contributed by atoms with Crippen LogP contribution in [0.25, 0.3) is 0 Å². The monoisotopic (exact) mass is 269 g/mol. The van der Waals surface area contributed by atoms with E-state index in [2.05, 4.69) is 9.88 Å². The molecule has 1 rings (SSSR count). The number of hydrogen-bond acceptors (Lipinski definition) is 3. The van der Waals surface area contributed by atoms with Crippen LogP contribution in [-0.4, -0.2) is 53.9 Å². The van der Waals surface area contributed by atoms with Gasteiger partial charge in [-0.05, 0) is 34.0 Å². The largest absolute Gasteiger partial charge is 0.335 e. The smallest absolute Gasteiger partial charge is 0.257 e. The van der Waals surface area contributed by atoms with E-state index < -0.39 is 0 Å². The molecule has 0 fully saturated rings. The molecule has 100 valence electrons. The Hall–Kier alpha value is -1.13. The first-order valence-corrected chi connectivity index (χ1v) is 6.40. The second kappa shape index (κ2) is 6.71. The fraction of sp³-hybridized carbons (Fsp3) is 0.538. The van der Waals surface area contributed by atoms with Gasteiger partial charge < -0.3 is 9.80 Å². The van der Waals surface area contributed by atoms with Crippen molar-refractivity contribution in [2.45, 2.75) is 19.9 Å². The first-order chi connectivity index (χ1) is 8.47. The Balaban J connectivity index is 2.89. The van der Waals surface area contributed by atoms with Crippen molar-refractivity contribution in [2.24, 2.45) is 0 Å². The molecule has 0 aliphatic rings. The van der Waals surface area contributed by atoms with Crippen LogP contribution in [0.5, 0.6) is 0 Å². The summed E-state index contributed by atoms with van der Waals surface area (Å²) in [5.41, 5.74) is 0.464. The Labute approximate surface area is 114 Å². The van der Waals surface area contributed by atoms with Crippen molar-refractivity contribution < 1.29 is 4.79 Å². The lowest BCUT2D eigenvalue weighted by atomic mass is 10.2. The number of hydrogen-bond donors (Lipinski definition) is 0. The standard InChI is InChI=1S/C13H20ClN3O/c1-5-17(10(2)9-16(3)4)13(18)11-8-15-7-6-12(11)14/h6-8,10H,5,9H2,1-4H3.